The highest BCUT2D eigenvalue weighted by Gasteiger charge is 2.26. The number of ether oxygens (including phenoxy) is 1. The summed E-state index contributed by atoms with van der Waals surface area (Å²) in [6.45, 7) is 2.79. The summed E-state index contributed by atoms with van der Waals surface area (Å²) >= 11 is 0. The molecule has 1 saturated heterocycles. The van der Waals surface area contributed by atoms with Gasteiger partial charge in [0.2, 0.25) is 0 Å². The topological polar surface area (TPSA) is 38.3 Å². The fourth-order valence-electron chi connectivity index (χ4n) is 2.25. The van der Waals surface area contributed by atoms with Crippen LogP contribution in [0.5, 0.6) is 5.75 Å². The third-order valence-electron chi connectivity index (χ3n) is 3.12. The molecule has 5 heteroatoms. The van der Waals surface area contributed by atoms with E-state index in [-0.39, 0.29) is 11.9 Å². The quantitative estimate of drug-likeness (QED) is 0.892. The predicted molar refractivity (Wildman–Crippen MR) is 70.7 cm³/mol. The van der Waals surface area contributed by atoms with Gasteiger partial charge in [0, 0.05) is 27.9 Å². The number of nitrogens with one attached hydrogen (secondary N) is 1. The summed E-state index contributed by atoms with van der Waals surface area (Å²) in [5, 5.41) is 3.28. The largest absolute Gasteiger partial charge is 0.496 e. The van der Waals surface area contributed by atoms with E-state index < -0.39 is 10.8 Å². The average Bonchev–Trinajstić information content (AvgIpc) is 2.49. The second-order valence-electron chi connectivity index (χ2n) is 4.69. The second kappa shape index (κ2) is 5.80. The minimum absolute atomic E-state index is 0.244. The van der Waals surface area contributed by atoms with Crippen LogP contribution in [-0.4, -0.2) is 29.4 Å². The maximum atomic E-state index is 14.0. The standard InChI is InChI=1S/C13H18FNO2S/c1-9-6-15-11(8-18(16)7-9)13-10(14)4-3-5-12(13)17-2/h3-5,9,11,15H,6-8H2,1-2H3. The highest BCUT2D eigenvalue weighted by atomic mass is 32.2. The molecule has 1 aromatic rings. The summed E-state index contributed by atoms with van der Waals surface area (Å²) in [5.74, 6) is 1.65. The van der Waals surface area contributed by atoms with Crippen molar-refractivity contribution in [2.45, 2.75) is 13.0 Å². The van der Waals surface area contributed by atoms with Gasteiger partial charge >= 0.3 is 0 Å². The minimum atomic E-state index is -0.921. The van der Waals surface area contributed by atoms with Crippen molar-refractivity contribution in [2.24, 2.45) is 5.92 Å². The van der Waals surface area contributed by atoms with E-state index in [9.17, 15) is 8.60 Å². The molecule has 1 aliphatic rings. The van der Waals surface area contributed by atoms with E-state index in [4.69, 9.17) is 4.74 Å². The molecule has 0 aliphatic carbocycles. The van der Waals surface area contributed by atoms with Gasteiger partial charge in [-0.1, -0.05) is 13.0 Å². The summed E-state index contributed by atoms with van der Waals surface area (Å²) in [6.07, 6.45) is 0. The van der Waals surface area contributed by atoms with Gasteiger partial charge in [0.05, 0.1) is 13.2 Å². The number of benzene rings is 1. The van der Waals surface area contributed by atoms with Gasteiger partial charge < -0.3 is 10.1 Å². The molecule has 1 N–H and O–H groups in total. The monoisotopic (exact) mass is 271 g/mol. The van der Waals surface area contributed by atoms with Crippen molar-refractivity contribution < 1.29 is 13.3 Å². The molecule has 0 spiro atoms. The van der Waals surface area contributed by atoms with Crippen LogP contribution in [0.2, 0.25) is 0 Å². The first-order valence-corrected chi connectivity index (χ1v) is 7.51. The molecule has 3 nitrogen and oxygen atoms in total. The molecule has 0 amide bonds. The van der Waals surface area contributed by atoms with E-state index in [1.165, 1.54) is 13.2 Å². The van der Waals surface area contributed by atoms with E-state index in [0.717, 1.165) is 6.54 Å². The molecule has 18 heavy (non-hydrogen) atoms. The molecule has 0 saturated carbocycles. The van der Waals surface area contributed by atoms with Crippen LogP contribution < -0.4 is 10.1 Å². The number of rotatable bonds is 2. The van der Waals surface area contributed by atoms with E-state index in [2.05, 4.69) is 5.32 Å². The molecule has 100 valence electrons. The Kier molecular flexibility index (Phi) is 4.35. The Labute approximate surface area is 109 Å². The molecule has 3 atom stereocenters. The second-order valence-corrected chi connectivity index (χ2v) is 6.24. The number of hydrogen-bond donors (Lipinski definition) is 1. The number of hydrogen-bond acceptors (Lipinski definition) is 3. The predicted octanol–water partition coefficient (Wildman–Crippen LogP) is 1.86. The molecule has 2 rings (SSSR count). The molecule has 3 unspecified atom stereocenters. The lowest BCUT2D eigenvalue weighted by Crippen LogP contribution is -2.27. The molecule has 1 fully saturated rings. The summed E-state index contributed by atoms with van der Waals surface area (Å²) in [7, 11) is 0.601. The summed E-state index contributed by atoms with van der Waals surface area (Å²) in [5.41, 5.74) is 0.488. The van der Waals surface area contributed by atoms with Crippen LogP contribution in [0.15, 0.2) is 18.2 Å². The zero-order valence-corrected chi connectivity index (χ0v) is 11.4. The van der Waals surface area contributed by atoms with Crippen molar-refractivity contribution in [3.8, 4) is 5.75 Å². The Morgan fingerprint density at radius 3 is 2.94 bits per heavy atom. The molecule has 0 aromatic heterocycles. The average molecular weight is 271 g/mol. The van der Waals surface area contributed by atoms with Crippen molar-refractivity contribution in [3.05, 3.63) is 29.6 Å². The fraction of sp³-hybridized carbons (Fsp3) is 0.538. The Bertz CT molecular complexity index is 453. The van der Waals surface area contributed by atoms with Crippen molar-refractivity contribution in [3.63, 3.8) is 0 Å². The molecule has 0 bridgehead atoms. The zero-order valence-electron chi connectivity index (χ0n) is 10.6. The Morgan fingerprint density at radius 2 is 2.22 bits per heavy atom. The van der Waals surface area contributed by atoms with Gasteiger partial charge in [-0.15, -0.1) is 0 Å². The molecular formula is C13H18FNO2S. The van der Waals surface area contributed by atoms with Crippen molar-refractivity contribution in [2.75, 3.05) is 25.2 Å². The highest BCUT2D eigenvalue weighted by molar-refractivity contribution is 7.85. The maximum Gasteiger partial charge on any atom is 0.131 e. The first-order chi connectivity index (χ1) is 8.61. The van der Waals surface area contributed by atoms with Gasteiger partial charge in [-0.25, -0.2) is 4.39 Å². The third kappa shape index (κ3) is 2.90. The van der Waals surface area contributed by atoms with Crippen LogP contribution in [0, 0.1) is 11.7 Å². The van der Waals surface area contributed by atoms with E-state index in [1.54, 1.807) is 12.1 Å². The van der Waals surface area contributed by atoms with E-state index in [1.807, 2.05) is 6.92 Å². The van der Waals surface area contributed by atoms with Gasteiger partial charge in [-0.05, 0) is 24.6 Å². The van der Waals surface area contributed by atoms with Gasteiger partial charge in [0.1, 0.15) is 11.6 Å². The van der Waals surface area contributed by atoms with Crippen LogP contribution in [0.4, 0.5) is 4.39 Å². The van der Waals surface area contributed by atoms with Crippen molar-refractivity contribution in [1.29, 1.82) is 0 Å². The minimum Gasteiger partial charge on any atom is -0.496 e. The summed E-state index contributed by atoms with van der Waals surface area (Å²) in [4.78, 5) is 0. The number of methoxy groups -OCH3 is 1. The normalized spacial score (nSPS) is 28.7. The lowest BCUT2D eigenvalue weighted by Gasteiger charge is -2.19. The Morgan fingerprint density at radius 1 is 1.44 bits per heavy atom. The molecule has 1 heterocycles. The van der Waals surface area contributed by atoms with Gasteiger partial charge in [-0.3, -0.25) is 4.21 Å². The van der Waals surface area contributed by atoms with E-state index in [0.29, 0.717) is 28.7 Å². The van der Waals surface area contributed by atoms with Crippen LogP contribution in [0.1, 0.15) is 18.5 Å². The number of halogens is 1. The Balaban J connectivity index is 2.32. The van der Waals surface area contributed by atoms with Crippen molar-refractivity contribution >= 4 is 10.8 Å². The third-order valence-corrected chi connectivity index (χ3v) is 4.76. The molecule has 1 aromatic carbocycles. The van der Waals surface area contributed by atoms with Crippen LogP contribution in [0.25, 0.3) is 0 Å². The fourth-order valence-corrected chi connectivity index (χ4v) is 3.80. The smallest absolute Gasteiger partial charge is 0.131 e. The molecular weight excluding hydrogens is 253 g/mol. The SMILES string of the molecule is COc1cccc(F)c1C1CS(=O)CC(C)CN1. The lowest BCUT2D eigenvalue weighted by molar-refractivity contribution is 0.392. The molecule has 0 radical (unpaired) electrons. The first-order valence-electron chi connectivity index (χ1n) is 6.02. The molecule has 1 aliphatic heterocycles. The highest BCUT2D eigenvalue weighted by Crippen LogP contribution is 2.29. The zero-order chi connectivity index (χ0) is 13.1. The summed E-state index contributed by atoms with van der Waals surface area (Å²) < 4.78 is 31.1. The first kappa shape index (κ1) is 13.5. The maximum absolute atomic E-state index is 14.0. The van der Waals surface area contributed by atoms with Crippen molar-refractivity contribution in [1.82, 2.24) is 5.32 Å². The van der Waals surface area contributed by atoms with E-state index >= 15 is 0 Å². The van der Waals surface area contributed by atoms with Crippen LogP contribution in [-0.2, 0) is 10.8 Å². The summed E-state index contributed by atoms with van der Waals surface area (Å²) in [6, 6.07) is 4.52. The van der Waals surface area contributed by atoms with Crippen LogP contribution in [0.3, 0.4) is 0 Å². The Hall–Kier alpha value is -0.940. The lowest BCUT2D eigenvalue weighted by atomic mass is 10.1. The van der Waals surface area contributed by atoms with Gasteiger partial charge in [0.15, 0.2) is 0 Å². The van der Waals surface area contributed by atoms with Gasteiger partial charge in [0.25, 0.3) is 0 Å². The van der Waals surface area contributed by atoms with Gasteiger partial charge in [-0.2, -0.15) is 0 Å². The van der Waals surface area contributed by atoms with Crippen LogP contribution >= 0.6 is 0 Å².